The fourth-order valence-electron chi connectivity index (χ4n) is 1.21. The van der Waals surface area contributed by atoms with Gasteiger partial charge in [0.15, 0.2) is 0 Å². The van der Waals surface area contributed by atoms with Gasteiger partial charge in [0.1, 0.15) is 5.82 Å². The highest BCUT2D eigenvalue weighted by molar-refractivity contribution is 7.03. The summed E-state index contributed by atoms with van der Waals surface area (Å²) in [7, 11) is 0. The summed E-state index contributed by atoms with van der Waals surface area (Å²) in [6, 6.07) is 3.32. The number of nitrogens with zero attached hydrogens (tertiary/aromatic N) is 3. The predicted octanol–water partition coefficient (Wildman–Crippen LogP) is 2.20. The summed E-state index contributed by atoms with van der Waals surface area (Å²) < 4.78 is 17.0. The minimum absolute atomic E-state index is 0.0761. The van der Waals surface area contributed by atoms with Crippen LogP contribution in [0.15, 0.2) is 23.6 Å². The highest BCUT2D eigenvalue weighted by atomic mass is 32.1. The van der Waals surface area contributed by atoms with Gasteiger partial charge in [-0.05, 0) is 17.6 Å². The normalized spacial score (nSPS) is 10.2. The molecule has 0 radical (unpaired) electrons. The molecular formula is C9H7FN4O2S. The first-order chi connectivity index (χ1) is 8.16. The summed E-state index contributed by atoms with van der Waals surface area (Å²) in [5, 5.41) is 18.7. The molecule has 0 saturated heterocycles. The summed E-state index contributed by atoms with van der Waals surface area (Å²) >= 11 is 1.18. The van der Waals surface area contributed by atoms with E-state index in [-0.39, 0.29) is 17.9 Å². The van der Waals surface area contributed by atoms with Gasteiger partial charge in [0.2, 0.25) is 0 Å². The molecular weight excluding hydrogens is 247 g/mol. The fourth-order valence-corrected chi connectivity index (χ4v) is 1.66. The molecule has 1 heterocycles. The standard InChI is InChI=1S/C9H7FN4O2S/c10-8-2-1-7(14(15)16)3-9(8)11-4-6-5-17-13-12-6/h1-3,5,11H,4H2. The lowest BCUT2D eigenvalue weighted by atomic mass is 10.2. The van der Waals surface area contributed by atoms with Gasteiger partial charge in [-0.1, -0.05) is 4.49 Å². The summed E-state index contributed by atoms with van der Waals surface area (Å²) in [5.41, 5.74) is 0.568. The number of anilines is 1. The zero-order chi connectivity index (χ0) is 12.3. The van der Waals surface area contributed by atoms with Gasteiger partial charge in [-0.25, -0.2) is 4.39 Å². The van der Waals surface area contributed by atoms with Crippen molar-refractivity contribution in [2.45, 2.75) is 6.54 Å². The number of rotatable bonds is 4. The summed E-state index contributed by atoms with van der Waals surface area (Å²) in [4.78, 5) is 9.96. The molecule has 0 aliphatic carbocycles. The lowest BCUT2D eigenvalue weighted by Gasteiger charge is -2.05. The molecule has 0 spiro atoms. The van der Waals surface area contributed by atoms with Crippen molar-refractivity contribution in [3.8, 4) is 0 Å². The Balaban J connectivity index is 2.14. The Kier molecular flexibility index (Phi) is 3.24. The van der Waals surface area contributed by atoms with E-state index in [1.807, 2.05) is 0 Å². The SMILES string of the molecule is O=[N+]([O-])c1ccc(F)c(NCc2csnn2)c1. The van der Waals surface area contributed by atoms with Crippen LogP contribution in [-0.4, -0.2) is 14.5 Å². The molecule has 2 aromatic rings. The van der Waals surface area contributed by atoms with Crippen molar-refractivity contribution in [1.82, 2.24) is 9.59 Å². The molecule has 0 aliphatic heterocycles. The molecule has 0 unspecified atom stereocenters. The number of non-ortho nitro benzene ring substituents is 1. The van der Waals surface area contributed by atoms with Crippen LogP contribution in [0.3, 0.4) is 0 Å². The number of hydrogen-bond acceptors (Lipinski definition) is 6. The van der Waals surface area contributed by atoms with Gasteiger partial charge in [-0.15, -0.1) is 5.10 Å². The number of nitro benzene ring substituents is 1. The average Bonchev–Trinajstić information content (AvgIpc) is 2.80. The molecule has 0 amide bonds. The molecule has 0 bridgehead atoms. The largest absolute Gasteiger partial charge is 0.377 e. The van der Waals surface area contributed by atoms with Gasteiger partial charge in [0.25, 0.3) is 5.69 Å². The second kappa shape index (κ2) is 4.83. The summed E-state index contributed by atoms with van der Waals surface area (Å²) in [5.74, 6) is -0.543. The molecule has 17 heavy (non-hydrogen) atoms. The molecule has 1 N–H and O–H groups in total. The first kappa shape index (κ1) is 11.4. The van der Waals surface area contributed by atoms with E-state index >= 15 is 0 Å². The van der Waals surface area contributed by atoms with Crippen molar-refractivity contribution < 1.29 is 9.31 Å². The van der Waals surface area contributed by atoms with E-state index in [0.29, 0.717) is 5.69 Å². The maximum absolute atomic E-state index is 13.3. The first-order valence-corrected chi connectivity index (χ1v) is 5.44. The monoisotopic (exact) mass is 254 g/mol. The minimum atomic E-state index is -0.574. The Morgan fingerprint density at radius 3 is 3.00 bits per heavy atom. The number of hydrogen-bond donors (Lipinski definition) is 1. The predicted molar refractivity (Wildman–Crippen MR) is 60.3 cm³/mol. The highest BCUT2D eigenvalue weighted by Gasteiger charge is 2.10. The lowest BCUT2D eigenvalue weighted by Crippen LogP contribution is -2.02. The van der Waals surface area contributed by atoms with Crippen LogP contribution in [0.2, 0.25) is 0 Å². The van der Waals surface area contributed by atoms with Crippen LogP contribution in [0.1, 0.15) is 5.69 Å². The van der Waals surface area contributed by atoms with Crippen LogP contribution in [0.4, 0.5) is 15.8 Å². The van der Waals surface area contributed by atoms with Crippen LogP contribution in [-0.2, 0) is 6.54 Å². The topological polar surface area (TPSA) is 81.0 Å². The Morgan fingerprint density at radius 2 is 2.35 bits per heavy atom. The molecule has 0 aliphatic rings. The highest BCUT2D eigenvalue weighted by Crippen LogP contribution is 2.21. The maximum atomic E-state index is 13.3. The smallest absolute Gasteiger partial charge is 0.271 e. The maximum Gasteiger partial charge on any atom is 0.271 e. The Bertz CT molecular complexity index is 532. The second-order valence-electron chi connectivity index (χ2n) is 3.17. The third-order valence-electron chi connectivity index (χ3n) is 2.03. The fraction of sp³-hybridized carbons (Fsp3) is 0.111. The Morgan fingerprint density at radius 1 is 1.53 bits per heavy atom. The number of benzene rings is 1. The molecule has 1 aromatic carbocycles. The van der Waals surface area contributed by atoms with Crippen LogP contribution in [0, 0.1) is 15.9 Å². The van der Waals surface area contributed by atoms with Crippen molar-refractivity contribution in [1.29, 1.82) is 0 Å². The van der Waals surface area contributed by atoms with Crippen LogP contribution < -0.4 is 5.32 Å². The molecule has 0 atom stereocenters. The summed E-state index contributed by atoms with van der Waals surface area (Å²) in [6.07, 6.45) is 0. The quantitative estimate of drug-likeness (QED) is 0.668. The van der Waals surface area contributed by atoms with Crippen LogP contribution in [0.5, 0.6) is 0 Å². The van der Waals surface area contributed by atoms with Gasteiger partial charge >= 0.3 is 0 Å². The van der Waals surface area contributed by atoms with Crippen LogP contribution >= 0.6 is 11.5 Å². The molecule has 88 valence electrons. The first-order valence-electron chi connectivity index (χ1n) is 4.60. The molecule has 2 rings (SSSR count). The number of nitrogens with one attached hydrogen (secondary N) is 1. The number of aromatic nitrogens is 2. The second-order valence-corrected chi connectivity index (χ2v) is 3.78. The third kappa shape index (κ3) is 2.72. The van der Waals surface area contributed by atoms with Crippen molar-refractivity contribution in [3.63, 3.8) is 0 Å². The van der Waals surface area contributed by atoms with E-state index in [9.17, 15) is 14.5 Å². The van der Waals surface area contributed by atoms with Gasteiger partial charge in [-0.2, -0.15) is 0 Å². The van der Waals surface area contributed by atoms with Crippen molar-refractivity contribution in [2.75, 3.05) is 5.32 Å². The van der Waals surface area contributed by atoms with E-state index < -0.39 is 10.7 Å². The van der Waals surface area contributed by atoms with E-state index in [4.69, 9.17) is 0 Å². The zero-order valence-corrected chi connectivity index (χ0v) is 9.28. The van der Waals surface area contributed by atoms with Gasteiger partial charge in [0.05, 0.1) is 22.8 Å². The molecule has 1 aromatic heterocycles. The van der Waals surface area contributed by atoms with Gasteiger partial charge in [-0.3, -0.25) is 10.1 Å². The van der Waals surface area contributed by atoms with Crippen LogP contribution in [0.25, 0.3) is 0 Å². The van der Waals surface area contributed by atoms with E-state index in [1.54, 1.807) is 5.38 Å². The molecule has 6 nitrogen and oxygen atoms in total. The number of halogens is 1. The molecule has 0 fully saturated rings. The van der Waals surface area contributed by atoms with Gasteiger partial charge < -0.3 is 5.32 Å². The molecule has 8 heteroatoms. The molecule has 0 saturated carbocycles. The average molecular weight is 254 g/mol. The van der Waals surface area contributed by atoms with Crippen molar-refractivity contribution in [3.05, 3.63) is 45.2 Å². The Labute approximate surface area is 99.4 Å². The van der Waals surface area contributed by atoms with Crippen molar-refractivity contribution >= 4 is 22.9 Å². The van der Waals surface area contributed by atoms with Gasteiger partial charge in [0, 0.05) is 17.5 Å². The lowest BCUT2D eigenvalue weighted by molar-refractivity contribution is -0.384. The van der Waals surface area contributed by atoms with E-state index in [1.165, 1.54) is 11.5 Å². The van der Waals surface area contributed by atoms with E-state index in [0.717, 1.165) is 18.2 Å². The summed E-state index contributed by atoms with van der Waals surface area (Å²) in [6.45, 7) is 0.272. The Hall–Kier alpha value is -2.09. The van der Waals surface area contributed by atoms with Crippen molar-refractivity contribution in [2.24, 2.45) is 0 Å². The third-order valence-corrected chi connectivity index (χ3v) is 2.58. The number of nitro groups is 1. The zero-order valence-electron chi connectivity index (χ0n) is 8.46. The minimum Gasteiger partial charge on any atom is -0.377 e. The van der Waals surface area contributed by atoms with E-state index in [2.05, 4.69) is 14.9 Å².